The van der Waals surface area contributed by atoms with Gasteiger partial charge < -0.3 is 20.3 Å². The summed E-state index contributed by atoms with van der Waals surface area (Å²) in [4.78, 5) is 18.7. The van der Waals surface area contributed by atoms with E-state index >= 15 is 0 Å². The molecule has 6 heteroatoms. The lowest BCUT2D eigenvalue weighted by Crippen LogP contribution is -2.17. The molecule has 1 aromatic carbocycles. The van der Waals surface area contributed by atoms with Crippen LogP contribution in [0.15, 0.2) is 42.6 Å². The van der Waals surface area contributed by atoms with Gasteiger partial charge in [0.2, 0.25) is 0 Å². The summed E-state index contributed by atoms with van der Waals surface area (Å²) >= 11 is 0. The van der Waals surface area contributed by atoms with Crippen LogP contribution in [0.3, 0.4) is 0 Å². The van der Waals surface area contributed by atoms with Crippen molar-refractivity contribution < 1.29 is 9.53 Å². The Hall–Kier alpha value is -2.60. The van der Waals surface area contributed by atoms with Crippen LogP contribution >= 0.6 is 0 Å². The number of anilines is 2. The molecule has 140 valence electrons. The van der Waals surface area contributed by atoms with E-state index in [-0.39, 0.29) is 12.0 Å². The zero-order chi connectivity index (χ0) is 18.9. The minimum Gasteiger partial charge on any atom is -0.491 e. The van der Waals surface area contributed by atoms with Crippen molar-refractivity contribution in [3.63, 3.8) is 0 Å². The SMILES string of the molecule is CC(C)Oc1ccc(NC(=O)c2cc(NCCCN(C)C)ccn2)cc1. The van der Waals surface area contributed by atoms with Gasteiger partial charge in [-0.15, -0.1) is 0 Å². The Morgan fingerprint density at radius 3 is 2.54 bits per heavy atom. The van der Waals surface area contributed by atoms with Crippen molar-refractivity contribution in [3.8, 4) is 5.75 Å². The van der Waals surface area contributed by atoms with Gasteiger partial charge in [-0.25, -0.2) is 0 Å². The number of aromatic nitrogens is 1. The van der Waals surface area contributed by atoms with E-state index < -0.39 is 0 Å². The molecular formula is C20H28N4O2. The first-order valence-corrected chi connectivity index (χ1v) is 8.87. The van der Waals surface area contributed by atoms with Crippen LogP contribution in [0.2, 0.25) is 0 Å². The molecule has 26 heavy (non-hydrogen) atoms. The second-order valence-electron chi connectivity index (χ2n) is 6.66. The van der Waals surface area contributed by atoms with Crippen LogP contribution in [0.25, 0.3) is 0 Å². The molecule has 6 nitrogen and oxygen atoms in total. The van der Waals surface area contributed by atoms with E-state index in [1.807, 2.05) is 44.2 Å². The average molecular weight is 356 g/mol. The zero-order valence-electron chi connectivity index (χ0n) is 16.0. The van der Waals surface area contributed by atoms with E-state index in [4.69, 9.17) is 4.74 Å². The topological polar surface area (TPSA) is 66.5 Å². The van der Waals surface area contributed by atoms with Gasteiger partial charge >= 0.3 is 0 Å². The van der Waals surface area contributed by atoms with Crippen molar-refractivity contribution >= 4 is 17.3 Å². The van der Waals surface area contributed by atoms with Gasteiger partial charge in [-0.3, -0.25) is 9.78 Å². The van der Waals surface area contributed by atoms with E-state index in [1.54, 1.807) is 12.3 Å². The fourth-order valence-electron chi connectivity index (χ4n) is 2.38. The second-order valence-corrected chi connectivity index (χ2v) is 6.66. The van der Waals surface area contributed by atoms with Crippen LogP contribution in [0.4, 0.5) is 11.4 Å². The molecule has 0 radical (unpaired) electrons. The van der Waals surface area contributed by atoms with Gasteiger partial charge in [0.15, 0.2) is 0 Å². The highest BCUT2D eigenvalue weighted by Crippen LogP contribution is 2.18. The number of hydrogen-bond acceptors (Lipinski definition) is 5. The molecule has 0 aliphatic heterocycles. The zero-order valence-corrected chi connectivity index (χ0v) is 16.0. The number of rotatable bonds is 9. The Bertz CT molecular complexity index is 699. The minimum absolute atomic E-state index is 0.118. The van der Waals surface area contributed by atoms with Gasteiger partial charge in [-0.2, -0.15) is 0 Å². The quantitative estimate of drug-likeness (QED) is 0.673. The number of nitrogens with one attached hydrogen (secondary N) is 2. The van der Waals surface area contributed by atoms with E-state index in [1.165, 1.54) is 0 Å². The Labute approximate surface area is 155 Å². The highest BCUT2D eigenvalue weighted by molar-refractivity contribution is 6.03. The summed E-state index contributed by atoms with van der Waals surface area (Å²) in [5.41, 5.74) is 1.98. The van der Waals surface area contributed by atoms with Crippen molar-refractivity contribution in [1.29, 1.82) is 0 Å². The second kappa shape index (κ2) is 9.77. The first kappa shape index (κ1) is 19.7. The highest BCUT2D eigenvalue weighted by atomic mass is 16.5. The minimum atomic E-state index is -0.237. The van der Waals surface area contributed by atoms with Crippen LogP contribution in [0, 0.1) is 0 Å². The van der Waals surface area contributed by atoms with Crippen LogP contribution in [0.5, 0.6) is 5.75 Å². The molecule has 0 unspecified atom stereocenters. The molecule has 0 aliphatic rings. The van der Waals surface area contributed by atoms with Gasteiger partial charge in [-0.1, -0.05) is 0 Å². The molecule has 1 heterocycles. The number of amides is 1. The molecule has 0 saturated carbocycles. The van der Waals surface area contributed by atoms with Crippen LogP contribution in [-0.4, -0.2) is 49.1 Å². The Morgan fingerprint density at radius 2 is 1.88 bits per heavy atom. The normalized spacial score (nSPS) is 10.8. The van der Waals surface area contributed by atoms with Gasteiger partial charge in [-0.05, 0) is 77.3 Å². The maximum atomic E-state index is 12.4. The summed E-state index contributed by atoms with van der Waals surface area (Å²) in [6, 6.07) is 10.9. The predicted octanol–water partition coefficient (Wildman–Crippen LogP) is 3.48. The number of carbonyl (C=O) groups is 1. The van der Waals surface area contributed by atoms with Gasteiger partial charge in [0.1, 0.15) is 11.4 Å². The predicted molar refractivity (Wildman–Crippen MR) is 106 cm³/mol. The van der Waals surface area contributed by atoms with Crippen LogP contribution in [0.1, 0.15) is 30.8 Å². The Kier molecular flexibility index (Phi) is 7.41. The molecule has 0 saturated heterocycles. The fraction of sp³-hybridized carbons (Fsp3) is 0.400. The first-order valence-electron chi connectivity index (χ1n) is 8.87. The third kappa shape index (κ3) is 6.72. The molecule has 2 N–H and O–H groups in total. The Balaban J connectivity index is 1.91. The summed E-state index contributed by atoms with van der Waals surface area (Å²) in [6.07, 6.45) is 2.79. The van der Waals surface area contributed by atoms with Crippen molar-refractivity contribution in [3.05, 3.63) is 48.3 Å². The van der Waals surface area contributed by atoms with Gasteiger partial charge in [0.05, 0.1) is 6.10 Å². The maximum Gasteiger partial charge on any atom is 0.274 e. The maximum absolute atomic E-state index is 12.4. The monoisotopic (exact) mass is 356 g/mol. The number of carbonyl (C=O) groups excluding carboxylic acids is 1. The average Bonchev–Trinajstić information content (AvgIpc) is 2.60. The summed E-state index contributed by atoms with van der Waals surface area (Å²) in [5, 5.41) is 6.18. The highest BCUT2D eigenvalue weighted by Gasteiger charge is 2.09. The van der Waals surface area contributed by atoms with Crippen LogP contribution in [-0.2, 0) is 0 Å². The molecule has 1 amide bonds. The molecule has 0 atom stereocenters. The molecule has 1 aromatic heterocycles. The molecular weight excluding hydrogens is 328 g/mol. The van der Waals surface area contributed by atoms with Crippen molar-refractivity contribution in [2.45, 2.75) is 26.4 Å². The number of benzene rings is 1. The smallest absolute Gasteiger partial charge is 0.274 e. The lowest BCUT2D eigenvalue weighted by atomic mass is 10.2. The summed E-state index contributed by atoms with van der Waals surface area (Å²) in [7, 11) is 4.10. The number of ether oxygens (including phenoxy) is 1. The van der Waals surface area contributed by atoms with E-state index in [0.717, 1.165) is 30.9 Å². The first-order chi connectivity index (χ1) is 12.4. The number of hydrogen-bond donors (Lipinski definition) is 2. The van der Waals surface area contributed by atoms with E-state index in [2.05, 4.69) is 34.6 Å². The molecule has 0 aliphatic carbocycles. The molecule has 0 bridgehead atoms. The molecule has 2 rings (SSSR count). The standard InChI is InChI=1S/C20H28N4O2/c1-15(2)26-18-8-6-16(7-9-18)23-20(25)19-14-17(10-12-22-19)21-11-5-13-24(3)4/h6-10,12,14-15H,5,11,13H2,1-4H3,(H,21,22)(H,23,25). The lowest BCUT2D eigenvalue weighted by molar-refractivity contribution is 0.102. The number of pyridine rings is 1. The fourth-order valence-corrected chi connectivity index (χ4v) is 2.38. The van der Waals surface area contributed by atoms with Crippen molar-refractivity contribution in [2.75, 3.05) is 37.8 Å². The molecule has 0 fully saturated rings. The lowest BCUT2D eigenvalue weighted by Gasteiger charge is -2.12. The van der Waals surface area contributed by atoms with Gasteiger partial charge in [0, 0.05) is 24.1 Å². The third-order valence-electron chi connectivity index (χ3n) is 3.59. The molecule has 0 spiro atoms. The van der Waals surface area contributed by atoms with Gasteiger partial charge in [0.25, 0.3) is 5.91 Å². The van der Waals surface area contributed by atoms with Crippen LogP contribution < -0.4 is 15.4 Å². The largest absolute Gasteiger partial charge is 0.491 e. The number of nitrogens with zero attached hydrogens (tertiary/aromatic N) is 2. The molecule has 2 aromatic rings. The van der Waals surface area contributed by atoms with E-state index in [9.17, 15) is 4.79 Å². The summed E-state index contributed by atoms with van der Waals surface area (Å²) in [6.45, 7) is 5.81. The summed E-state index contributed by atoms with van der Waals surface area (Å²) in [5.74, 6) is 0.541. The van der Waals surface area contributed by atoms with E-state index in [0.29, 0.717) is 11.4 Å². The van der Waals surface area contributed by atoms with Crippen molar-refractivity contribution in [2.24, 2.45) is 0 Å². The third-order valence-corrected chi connectivity index (χ3v) is 3.59. The van der Waals surface area contributed by atoms with Crippen molar-refractivity contribution in [1.82, 2.24) is 9.88 Å². The Morgan fingerprint density at radius 1 is 1.15 bits per heavy atom. The summed E-state index contributed by atoms with van der Waals surface area (Å²) < 4.78 is 5.60.